The van der Waals surface area contributed by atoms with Gasteiger partial charge in [-0.25, -0.2) is 13.1 Å². The van der Waals surface area contributed by atoms with Gasteiger partial charge in [-0.05, 0) is 20.1 Å². The summed E-state index contributed by atoms with van der Waals surface area (Å²) in [6, 6.07) is 0. The van der Waals surface area contributed by atoms with E-state index in [4.69, 9.17) is 11.6 Å². The molecule has 0 aromatic carbocycles. The van der Waals surface area contributed by atoms with E-state index in [1.807, 2.05) is 20.1 Å². The maximum Gasteiger partial charge on any atom is 0.212 e. The van der Waals surface area contributed by atoms with Gasteiger partial charge in [-0.2, -0.15) is 11.8 Å². The predicted molar refractivity (Wildman–Crippen MR) is 60.1 cm³/mol. The van der Waals surface area contributed by atoms with E-state index in [0.717, 1.165) is 0 Å². The third-order valence-corrected chi connectivity index (χ3v) is 4.60. The molecule has 0 saturated heterocycles. The molecule has 13 heavy (non-hydrogen) atoms. The zero-order valence-corrected chi connectivity index (χ0v) is 10.5. The van der Waals surface area contributed by atoms with Crippen LogP contribution in [0, 0.1) is 0 Å². The van der Waals surface area contributed by atoms with Crippen molar-refractivity contribution in [2.75, 3.05) is 24.4 Å². The molecule has 0 rings (SSSR count). The van der Waals surface area contributed by atoms with E-state index in [-0.39, 0.29) is 16.4 Å². The van der Waals surface area contributed by atoms with Crippen LogP contribution in [-0.2, 0) is 10.0 Å². The number of thioether (sulfide) groups is 1. The average molecular weight is 246 g/mol. The molecule has 0 aliphatic heterocycles. The molecule has 0 fully saturated rings. The van der Waals surface area contributed by atoms with Crippen molar-refractivity contribution in [1.82, 2.24) is 4.72 Å². The second kappa shape index (κ2) is 5.44. The Bertz CT molecular complexity index is 239. The van der Waals surface area contributed by atoms with Crippen LogP contribution in [0.25, 0.3) is 0 Å². The summed E-state index contributed by atoms with van der Waals surface area (Å²) < 4.78 is 24.8. The van der Waals surface area contributed by atoms with Crippen molar-refractivity contribution in [2.24, 2.45) is 0 Å². The van der Waals surface area contributed by atoms with Gasteiger partial charge in [0.15, 0.2) is 0 Å². The van der Waals surface area contributed by atoms with Crippen LogP contribution in [0.3, 0.4) is 0 Å². The minimum atomic E-state index is -3.17. The highest BCUT2D eigenvalue weighted by Gasteiger charge is 2.19. The summed E-state index contributed by atoms with van der Waals surface area (Å²) in [5.74, 6) is 0.119. The molecule has 0 atom stereocenters. The Morgan fingerprint density at radius 2 is 2.00 bits per heavy atom. The summed E-state index contributed by atoms with van der Waals surface area (Å²) in [7, 11) is -3.17. The topological polar surface area (TPSA) is 46.2 Å². The van der Waals surface area contributed by atoms with E-state index in [1.54, 1.807) is 11.8 Å². The first-order valence-electron chi connectivity index (χ1n) is 3.91. The van der Waals surface area contributed by atoms with E-state index in [2.05, 4.69) is 4.72 Å². The highest BCUT2D eigenvalue weighted by Crippen LogP contribution is 2.19. The first kappa shape index (κ1) is 13.5. The van der Waals surface area contributed by atoms with Crippen LogP contribution in [0.15, 0.2) is 0 Å². The Labute approximate surface area is 89.7 Å². The fourth-order valence-corrected chi connectivity index (χ4v) is 2.38. The highest BCUT2D eigenvalue weighted by atomic mass is 35.5. The van der Waals surface area contributed by atoms with Gasteiger partial charge in [0.2, 0.25) is 10.0 Å². The van der Waals surface area contributed by atoms with Gasteiger partial charge in [-0.15, -0.1) is 11.6 Å². The van der Waals surface area contributed by atoms with E-state index >= 15 is 0 Å². The SMILES string of the molecule is CSC(C)(C)CNS(=O)(=O)CCCl. The molecular formula is C7H16ClNO2S2. The molecule has 3 nitrogen and oxygen atoms in total. The maximum atomic E-state index is 11.2. The molecule has 0 aromatic rings. The van der Waals surface area contributed by atoms with Crippen molar-refractivity contribution in [2.45, 2.75) is 18.6 Å². The fraction of sp³-hybridized carbons (Fsp3) is 1.00. The number of alkyl halides is 1. The summed E-state index contributed by atoms with van der Waals surface area (Å²) in [4.78, 5) is 0. The number of halogens is 1. The number of sulfonamides is 1. The molecule has 0 bridgehead atoms. The van der Waals surface area contributed by atoms with Crippen molar-refractivity contribution >= 4 is 33.4 Å². The smallest absolute Gasteiger partial charge is 0.212 e. The summed E-state index contributed by atoms with van der Waals surface area (Å²) in [6.45, 7) is 4.41. The third-order valence-electron chi connectivity index (χ3n) is 1.62. The van der Waals surface area contributed by atoms with Crippen molar-refractivity contribution < 1.29 is 8.42 Å². The highest BCUT2D eigenvalue weighted by molar-refractivity contribution is 8.00. The largest absolute Gasteiger partial charge is 0.214 e. The van der Waals surface area contributed by atoms with Gasteiger partial charge in [-0.1, -0.05) is 0 Å². The van der Waals surface area contributed by atoms with Gasteiger partial charge in [0, 0.05) is 17.2 Å². The number of hydrogen-bond donors (Lipinski definition) is 1. The van der Waals surface area contributed by atoms with Crippen molar-refractivity contribution in [3.63, 3.8) is 0 Å². The van der Waals surface area contributed by atoms with Crippen LogP contribution < -0.4 is 4.72 Å². The standard InChI is InChI=1S/C7H16ClNO2S2/c1-7(2,12-3)6-9-13(10,11)5-4-8/h9H,4-6H2,1-3H3. The molecule has 0 spiro atoms. The summed E-state index contributed by atoms with van der Waals surface area (Å²) in [5, 5.41) is 0. The molecule has 0 unspecified atom stereocenters. The van der Waals surface area contributed by atoms with E-state index < -0.39 is 10.0 Å². The summed E-state index contributed by atoms with van der Waals surface area (Å²) >= 11 is 6.97. The molecular weight excluding hydrogens is 230 g/mol. The minimum Gasteiger partial charge on any atom is -0.214 e. The van der Waals surface area contributed by atoms with Crippen LogP contribution in [0.5, 0.6) is 0 Å². The van der Waals surface area contributed by atoms with E-state index in [0.29, 0.717) is 6.54 Å². The quantitative estimate of drug-likeness (QED) is 0.718. The molecule has 0 amide bonds. The van der Waals surface area contributed by atoms with E-state index in [1.165, 1.54) is 0 Å². The van der Waals surface area contributed by atoms with Crippen LogP contribution in [0.4, 0.5) is 0 Å². The Morgan fingerprint density at radius 3 is 2.38 bits per heavy atom. The number of hydrogen-bond acceptors (Lipinski definition) is 3. The normalized spacial score (nSPS) is 13.2. The first-order chi connectivity index (χ1) is 5.83. The molecule has 0 heterocycles. The lowest BCUT2D eigenvalue weighted by Gasteiger charge is -2.21. The Balaban J connectivity index is 4.02. The van der Waals surface area contributed by atoms with Crippen molar-refractivity contribution in [3.8, 4) is 0 Å². The molecule has 0 aromatic heterocycles. The molecule has 0 aliphatic carbocycles. The zero-order valence-electron chi connectivity index (χ0n) is 8.13. The third kappa shape index (κ3) is 6.60. The van der Waals surface area contributed by atoms with Gasteiger partial charge in [0.25, 0.3) is 0 Å². The van der Waals surface area contributed by atoms with E-state index in [9.17, 15) is 8.42 Å². The monoisotopic (exact) mass is 245 g/mol. The van der Waals surface area contributed by atoms with Gasteiger partial charge in [-0.3, -0.25) is 0 Å². The maximum absolute atomic E-state index is 11.2. The van der Waals surface area contributed by atoms with Crippen LogP contribution in [-0.4, -0.2) is 37.6 Å². The molecule has 1 N–H and O–H groups in total. The Hall–Kier alpha value is 0.550. The second-order valence-electron chi connectivity index (χ2n) is 3.29. The van der Waals surface area contributed by atoms with Crippen molar-refractivity contribution in [1.29, 1.82) is 0 Å². The summed E-state index contributed by atoms with van der Waals surface area (Å²) in [6.07, 6.45) is 1.95. The second-order valence-corrected chi connectivity index (χ2v) is 7.11. The Kier molecular flexibility index (Phi) is 5.67. The lowest BCUT2D eigenvalue weighted by atomic mass is 10.2. The van der Waals surface area contributed by atoms with Crippen LogP contribution in [0.1, 0.15) is 13.8 Å². The molecule has 80 valence electrons. The first-order valence-corrected chi connectivity index (χ1v) is 7.32. The fourth-order valence-electron chi connectivity index (χ4n) is 0.530. The van der Waals surface area contributed by atoms with Gasteiger partial charge < -0.3 is 0 Å². The van der Waals surface area contributed by atoms with Crippen LogP contribution in [0.2, 0.25) is 0 Å². The van der Waals surface area contributed by atoms with Gasteiger partial charge in [0.05, 0.1) is 5.75 Å². The summed E-state index contributed by atoms with van der Waals surface area (Å²) in [5.41, 5.74) is 0. The van der Waals surface area contributed by atoms with Crippen molar-refractivity contribution in [3.05, 3.63) is 0 Å². The molecule has 0 aliphatic rings. The Morgan fingerprint density at radius 1 is 1.46 bits per heavy atom. The lowest BCUT2D eigenvalue weighted by molar-refractivity contribution is 0.572. The average Bonchev–Trinajstić information content (AvgIpc) is 2.02. The number of rotatable bonds is 6. The van der Waals surface area contributed by atoms with Crippen LogP contribution >= 0.6 is 23.4 Å². The lowest BCUT2D eigenvalue weighted by Crippen LogP contribution is -2.37. The van der Waals surface area contributed by atoms with Gasteiger partial charge >= 0.3 is 0 Å². The zero-order chi connectivity index (χ0) is 10.5. The number of nitrogens with one attached hydrogen (secondary N) is 1. The molecule has 0 saturated carbocycles. The molecule has 6 heteroatoms. The predicted octanol–water partition coefficient (Wildman–Crippen LogP) is 1.29. The van der Waals surface area contributed by atoms with Gasteiger partial charge in [0.1, 0.15) is 0 Å². The molecule has 0 radical (unpaired) electrons. The minimum absolute atomic E-state index is 0.0149.